The molecule has 1 aliphatic rings. The van der Waals surface area contributed by atoms with E-state index in [1.807, 2.05) is 0 Å². The zero-order valence-corrected chi connectivity index (χ0v) is 14.7. The normalized spacial score (nSPS) is 12.2. The van der Waals surface area contributed by atoms with Crippen LogP contribution in [0, 0.1) is 0 Å². The van der Waals surface area contributed by atoms with Gasteiger partial charge in [-0.2, -0.15) is 0 Å². The average Bonchev–Trinajstić information content (AvgIpc) is 2.68. The average molecular weight is 368 g/mol. The number of aromatic hydroxyl groups is 1. The number of phenolic OH excluding ortho intramolecular Hbond substituents is 1. The smallest absolute Gasteiger partial charge is 0.311 e. The second-order valence-electron chi connectivity index (χ2n) is 5.83. The van der Waals surface area contributed by atoms with Crippen LogP contribution in [0.4, 0.5) is 0 Å². The first-order valence-corrected chi connectivity index (χ1v) is 8.38. The quantitative estimate of drug-likeness (QED) is 0.557. The van der Waals surface area contributed by atoms with Crippen LogP contribution in [-0.4, -0.2) is 28.6 Å². The number of carbonyl (C=O) groups is 4. The Balaban J connectivity index is 2.27. The topological polar surface area (TPSA) is 107 Å². The Labute approximate surface area is 154 Å². The third kappa shape index (κ3) is 3.08. The van der Waals surface area contributed by atoms with Crippen molar-refractivity contribution >= 4 is 23.5 Å². The first-order chi connectivity index (χ1) is 12.9. The number of hydrogen-bond donors (Lipinski definition) is 1. The van der Waals surface area contributed by atoms with Gasteiger partial charge in [-0.05, 0) is 0 Å². The number of hydrogen-bond acceptors (Lipinski definition) is 7. The first kappa shape index (κ1) is 18.3. The molecule has 0 amide bonds. The standard InChI is InChI=1S/C20H16O7/c1-3-14(21)26-12-9-13(27-15(22)4-2)20(25)17-16(12)18(23)10-7-5-6-8-11(10)19(17)24/h5-9,25H,3-4H2,1-2H3. The van der Waals surface area contributed by atoms with Gasteiger partial charge in [0.15, 0.2) is 23.1 Å². The van der Waals surface area contributed by atoms with Crippen LogP contribution in [0.25, 0.3) is 0 Å². The van der Waals surface area contributed by atoms with Crippen molar-refractivity contribution in [2.75, 3.05) is 0 Å². The summed E-state index contributed by atoms with van der Waals surface area (Å²) in [6, 6.07) is 7.20. The molecule has 0 saturated carbocycles. The van der Waals surface area contributed by atoms with Crippen LogP contribution < -0.4 is 9.47 Å². The lowest BCUT2D eigenvalue weighted by Crippen LogP contribution is -2.23. The van der Waals surface area contributed by atoms with Crippen molar-refractivity contribution in [1.29, 1.82) is 0 Å². The van der Waals surface area contributed by atoms with E-state index in [9.17, 15) is 24.3 Å². The summed E-state index contributed by atoms with van der Waals surface area (Å²) in [7, 11) is 0. The molecule has 0 unspecified atom stereocenters. The molecular formula is C20H16O7. The van der Waals surface area contributed by atoms with Crippen molar-refractivity contribution in [3.63, 3.8) is 0 Å². The minimum atomic E-state index is -0.659. The number of phenols is 1. The van der Waals surface area contributed by atoms with E-state index < -0.39 is 29.3 Å². The van der Waals surface area contributed by atoms with Crippen LogP contribution in [0.5, 0.6) is 17.2 Å². The molecule has 0 bridgehead atoms. The molecule has 0 heterocycles. The summed E-state index contributed by atoms with van der Waals surface area (Å²) in [6.07, 6.45) is 0.0504. The minimum absolute atomic E-state index is 0.0241. The van der Waals surface area contributed by atoms with Crippen molar-refractivity contribution in [3.05, 3.63) is 52.6 Å². The number of benzene rings is 2. The molecule has 0 saturated heterocycles. The Morgan fingerprint density at radius 3 is 1.85 bits per heavy atom. The Hall–Kier alpha value is -3.48. The number of rotatable bonds is 4. The molecule has 7 nitrogen and oxygen atoms in total. The number of esters is 2. The van der Waals surface area contributed by atoms with Crippen LogP contribution >= 0.6 is 0 Å². The lowest BCUT2D eigenvalue weighted by molar-refractivity contribution is -0.134. The van der Waals surface area contributed by atoms with Gasteiger partial charge in [-0.1, -0.05) is 38.1 Å². The van der Waals surface area contributed by atoms with Crippen LogP contribution in [0.3, 0.4) is 0 Å². The molecule has 1 N–H and O–H groups in total. The number of carbonyl (C=O) groups excluding carboxylic acids is 4. The van der Waals surface area contributed by atoms with Crippen molar-refractivity contribution in [3.8, 4) is 17.2 Å². The Morgan fingerprint density at radius 2 is 1.33 bits per heavy atom. The van der Waals surface area contributed by atoms with Crippen LogP contribution in [0.2, 0.25) is 0 Å². The van der Waals surface area contributed by atoms with Gasteiger partial charge >= 0.3 is 11.9 Å². The molecule has 0 aromatic heterocycles. The monoisotopic (exact) mass is 368 g/mol. The number of fused-ring (bicyclic) bond motifs is 2. The van der Waals surface area contributed by atoms with E-state index in [4.69, 9.17) is 9.47 Å². The van der Waals surface area contributed by atoms with E-state index in [-0.39, 0.29) is 46.6 Å². The Bertz CT molecular complexity index is 988. The summed E-state index contributed by atoms with van der Waals surface area (Å²) in [5.74, 6) is -3.72. The second kappa shape index (κ2) is 7.03. The highest BCUT2D eigenvalue weighted by molar-refractivity contribution is 6.30. The minimum Gasteiger partial charge on any atom is -0.504 e. The molecule has 7 heteroatoms. The number of ether oxygens (including phenoxy) is 2. The van der Waals surface area contributed by atoms with Gasteiger partial charge in [0.05, 0.1) is 11.1 Å². The van der Waals surface area contributed by atoms with E-state index in [0.29, 0.717) is 0 Å². The fourth-order valence-corrected chi connectivity index (χ4v) is 2.77. The molecule has 1 aliphatic carbocycles. The van der Waals surface area contributed by atoms with Crippen molar-refractivity contribution in [2.24, 2.45) is 0 Å². The highest BCUT2D eigenvalue weighted by Gasteiger charge is 2.37. The molecule has 0 aliphatic heterocycles. The maximum absolute atomic E-state index is 12.9. The molecule has 3 rings (SSSR count). The SMILES string of the molecule is CCC(=O)Oc1cc(OC(=O)CC)c2c(c1O)C(=O)c1ccccc1C2=O. The summed E-state index contributed by atoms with van der Waals surface area (Å²) in [6.45, 7) is 3.12. The number of ketones is 2. The van der Waals surface area contributed by atoms with Gasteiger partial charge in [-0.3, -0.25) is 19.2 Å². The van der Waals surface area contributed by atoms with E-state index in [1.165, 1.54) is 12.1 Å². The zero-order valence-electron chi connectivity index (χ0n) is 14.7. The highest BCUT2D eigenvalue weighted by atomic mass is 16.5. The van der Waals surface area contributed by atoms with Gasteiger partial charge in [-0.15, -0.1) is 0 Å². The molecular weight excluding hydrogens is 352 g/mol. The molecule has 0 radical (unpaired) electrons. The van der Waals surface area contributed by atoms with Crippen LogP contribution in [0.15, 0.2) is 30.3 Å². The van der Waals surface area contributed by atoms with Gasteiger partial charge < -0.3 is 14.6 Å². The lowest BCUT2D eigenvalue weighted by atomic mass is 9.83. The molecule has 27 heavy (non-hydrogen) atoms. The predicted octanol–water partition coefficient (Wildman–Crippen LogP) is 2.80. The zero-order chi connectivity index (χ0) is 19.7. The third-order valence-corrected chi connectivity index (χ3v) is 4.12. The molecule has 2 aromatic carbocycles. The second-order valence-corrected chi connectivity index (χ2v) is 5.83. The summed E-state index contributed by atoms with van der Waals surface area (Å²) in [5.41, 5.74) is -0.327. The van der Waals surface area contributed by atoms with Crippen molar-refractivity contribution in [2.45, 2.75) is 26.7 Å². The van der Waals surface area contributed by atoms with Gasteiger partial charge in [0, 0.05) is 30.0 Å². The third-order valence-electron chi connectivity index (χ3n) is 4.12. The summed E-state index contributed by atoms with van der Waals surface area (Å²) >= 11 is 0. The lowest BCUT2D eigenvalue weighted by Gasteiger charge is -2.22. The Morgan fingerprint density at radius 1 is 0.852 bits per heavy atom. The molecule has 0 atom stereocenters. The maximum Gasteiger partial charge on any atom is 0.311 e. The Kier molecular flexibility index (Phi) is 4.77. The fraction of sp³-hybridized carbons (Fsp3) is 0.200. The molecule has 138 valence electrons. The maximum atomic E-state index is 12.9. The molecule has 0 spiro atoms. The van der Waals surface area contributed by atoms with E-state index in [0.717, 1.165) is 6.07 Å². The van der Waals surface area contributed by atoms with Crippen LogP contribution in [-0.2, 0) is 9.59 Å². The van der Waals surface area contributed by atoms with Crippen LogP contribution in [0.1, 0.15) is 58.5 Å². The van der Waals surface area contributed by atoms with Gasteiger partial charge in [0.2, 0.25) is 0 Å². The van der Waals surface area contributed by atoms with Crippen molar-refractivity contribution < 1.29 is 33.8 Å². The molecule has 0 fully saturated rings. The summed E-state index contributed by atoms with van der Waals surface area (Å²) in [4.78, 5) is 49.2. The largest absolute Gasteiger partial charge is 0.504 e. The van der Waals surface area contributed by atoms with Gasteiger partial charge in [0.25, 0.3) is 0 Å². The van der Waals surface area contributed by atoms with Gasteiger partial charge in [0.1, 0.15) is 5.75 Å². The van der Waals surface area contributed by atoms with E-state index in [1.54, 1.807) is 26.0 Å². The highest BCUT2D eigenvalue weighted by Crippen LogP contribution is 2.44. The van der Waals surface area contributed by atoms with Gasteiger partial charge in [-0.25, -0.2) is 0 Å². The van der Waals surface area contributed by atoms with E-state index in [2.05, 4.69) is 0 Å². The molecule has 2 aromatic rings. The summed E-state index contributed by atoms with van der Waals surface area (Å²) in [5, 5.41) is 10.5. The first-order valence-electron chi connectivity index (χ1n) is 8.38. The summed E-state index contributed by atoms with van der Waals surface area (Å²) < 4.78 is 10.2. The van der Waals surface area contributed by atoms with E-state index >= 15 is 0 Å². The van der Waals surface area contributed by atoms with Crippen molar-refractivity contribution in [1.82, 2.24) is 0 Å². The fourth-order valence-electron chi connectivity index (χ4n) is 2.77. The predicted molar refractivity (Wildman–Crippen MR) is 93.3 cm³/mol.